The van der Waals surface area contributed by atoms with Crippen LogP contribution in [0.25, 0.3) is 0 Å². The van der Waals surface area contributed by atoms with Crippen LogP contribution in [-0.4, -0.2) is 28.0 Å². The Morgan fingerprint density at radius 3 is 2.80 bits per heavy atom. The fraction of sp³-hybridized carbons (Fsp3) is 0.190. The number of aliphatic hydroxyl groups excluding tert-OH is 1. The molecular weight excluding hydrogens is 390 g/mol. The normalized spacial score (nSPS) is 12.9. The van der Waals surface area contributed by atoms with Crippen LogP contribution in [0.2, 0.25) is 0 Å². The summed E-state index contributed by atoms with van der Waals surface area (Å²) in [6, 6.07) is 12.3. The quantitative estimate of drug-likeness (QED) is 0.638. The number of hydrogen-bond donors (Lipinski definition) is 2. The summed E-state index contributed by atoms with van der Waals surface area (Å²) in [6.45, 7) is 2.10. The van der Waals surface area contributed by atoms with Crippen LogP contribution >= 0.6 is 0 Å². The van der Waals surface area contributed by atoms with Gasteiger partial charge in [0.2, 0.25) is 12.5 Å². The molecule has 2 N–H and O–H groups in total. The van der Waals surface area contributed by atoms with Crippen molar-refractivity contribution in [3.63, 3.8) is 0 Å². The summed E-state index contributed by atoms with van der Waals surface area (Å²) in [5.74, 6) is 1.78. The Morgan fingerprint density at radius 2 is 2.00 bits per heavy atom. The van der Waals surface area contributed by atoms with E-state index in [0.29, 0.717) is 17.2 Å². The highest BCUT2D eigenvalue weighted by molar-refractivity contribution is 5.71. The maximum absolute atomic E-state index is 12.2. The molecule has 1 atom stereocenters. The van der Waals surface area contributed by atoms with Gasteiger partial charge in [0.1, 0.15) is 12.1 Å². The van der Waals surface area contributed by atoms with Crippen molar-refractivity contribution in [2.24, 2.45) is 0 Å². The van der Waals surface area contributed by atoms with E-state index in [1.54, 1.807) is 37.3 Å². The van der Waals surface area contributed by atoms with Gasteiger partial charge in [-0.05, 0) is 30.2 Å². The molecule has 1 unspecified atom stereocenters. The molecule has 1 aromatic heterocycles. The second kappa shape index (κ2) is 8.66. The number of hydrogen-bond acceptors (Lipinski definition) is 8. The summed E-state index contributed by atoms with van der Waals surface area (Å²) >= 11 is 0. The molecule has 30 heavy (non-hydrogen) atoms. The highest BCUT2D eigenvalue weighted by Gasteiger charge is 2.17. The molecule has 2 aromatic carbocycles. The zero-order valence-corrected chi connectivity index (χ0v) is 16.1. The highest BCUT2D eigenvalue weighted by atomic mass is 16.7. The van der Waals surface area contributed by atoms with Crippen LogP contribution < -0.4 is 24.3 Å². The van der Waals surface area contributed by atoms with Gasteiger partial charge >= 0.3 is 6.09 Å². The van der Waals surface area contributed by atoms with Crippen LogP contribution in [0.15, 0.2) is 55.0 Å². The number of aromatic nitrogens is 2. The van der Waals surface area contributed by atoms with Gasteiger partial charge in [-0.2, -0.15) is 4.98 Å². The third-order valence-corrected chi connectivity index (χ3v) is 4.30. The summed E-state index contributed by atoms with van der Waals surface area (Å²) in [5.41, 5.74) is 1.66. The lowest BCUT2D eigenvalue weighted by atomic mass is 10.1. The molecule has 0 saturated heterocycles. The van der Waals surface area contributed by atoms with Crippen LogP contribution in [0.1, 0.15) is 24.2 Å². The molecule has 1 amide bonds. The van der Waals surface area contributed by atoms with Gasteiger partial charge in [-0.1, -0.05) is 24.3 Å². The van der Waals surface area contributed by atoms with Gasteiger partial charge in [0, 0.05) is 12.6 Å². The first-order valence-corrected chi connectivity index (χ1v) is 9.18. The van der Waals surface area contributed by atoms with Gasteiger partial charge in [0.05, 0.1) is 12.3 Å². The van der Waals surface area contributed by atoms with Crippen LogP contribution in [0.5, 0.6) is 28.9 Å². The summed E-state index contributed by atoms with van der Waals surface area (Å²) in [5, 5.41) is 12.2. The van der Waals surface area contributed by atoms with Crippen molar-refractivity contribution >= 4 is 6.09 Å². The monoisotopic (exact) mass is 409 g/mol. The lowest BCUT2D eigenvalue weighted by molar-refractivity contribution is 0.174. The van der Waals surface area contributed by atoms with Crippen molar-refractivity contribution in [1.29, 1.82) is 0 Å². The predicted molar refractivity (Wildman–Crippen MR) is 105 cm³/mol. The SMILES string of the molecule is CC(O)c1ccc(CNC(=O)Oc2cncnc2Oc2ccc3c(c2)OCO3)cc1. The molecule has 0 fully saturated rings. The lowest BCUT2D eigenvalue weighted by Crippen LogP contribution is -2.26. The number of nitrogens with zero attached hydrogens (tertiary/aromatic N) is 2. The number of rotatable bonds is 6. The third kappa shape index (κ3) is 4.58. The smallest absolute Gasteiger partial charge is 0.413 e. The molecule has 9 heteroatoms. The number of amides is 1. The van der Waals surface area contributed by atoms with Crippen molar-refractivity contribution in [2.75, 3.05) is 6.79 Å². The molecule has 4 rings (SSSR count). The molecule has 1 aliphatic rings. The van der Waals surface area contributed by atoms with Crippen LogP contribution in [0, 0.1) is 0 Å². The van der Waals surface area contributed by atoms with Crippen LogP contribution in [0.4, 0.5) is 4.79 Å². The number of carbonyl (C=O) groups is 1. The topological polar surface area (TPSA) is 112 Å². The molecule has 2 heterocycles. The summed E-state index contributed by atoms with van der Waals surface area (Å²) in [6.07, 6.45) is 1.40. The van der Waals surface area contributed by atoms with E-state index < -0.39 is 12.2 Å². The zero-order chi connectivity index (χ0) is 20.9. The van der Waals surface area contributed by atoms with E-state index in [2.05, 4.69) is 15.3 Å². The Balaban J connectivity index is 1.38. The highest BCUT2D eigenvalue weighted by Crippen LogP contribution is 2.37. The number of aliphatic hydroxyl groups is 1. The summed E-state index contributed by atoms with van der Waals surface area (Å²) in [4.78, 5) is 20.1. The Bertz CT molecular complexity index is 1040. The Hall–Kier alpha value is -3.85. The van der Waals surface area contributed by atoms with Crippen molar-refractivity contribution in [3.8, 4) is 28.9 Å². The number of carbonyl (C=O) groups excluding carboxylic acids is 1. The standard InChI is InChI=1S/C21H19N3O6/c1-13(25)15-4-2-14(3-5-15)9-23-21(26)30-19-10-22-11-24-20(19)29-16-6-7-17-18(8-16)28-12-27-17/h2-8,10-11,13,25H,9,12H2,1H3,(H,23,26). The van der Waals surface area contributed by atoms with Crippen molar-refractivity contribution in [1.82, 2.24) is 15.3 Å². The maximum atomic E-state index is 12.2. The second-order valence-corrected chi connectivity index (χ2v) is 6.47. The average Bonchev–Trinajstić information content (AvgIpc) is 3.22. The molecule has 0 aliphatic carbocycles. The van der Waals surface area contributed by atoms with Gasteiger partial charge in [0.25, 0.3) is 5.88 Å². The summed E-state index contributed by atoms with van der Waals surface area (Å²) < 4.78 is 21.6. The lowest BCUT2D eigenvalue weighted by Gasteiger charge is -2.11. The maximum Gasteiger partial charge on any atom is 0.413 e. The fourth-order valence-corrected chi connectivity index (χ4v) is 2.73. The van der Waals surface area contributed by atoms with E-state index in [1.807, 2.05) is 12.1 Å². The first-order chi connectivity index (χ1) is 14.6. The van der Waals surface area contributed by atoms with Gasteiger partial charge in [-0.15, -0.1) is 0 Å². The Labute approximate surface area is 172 Å². The van der Waals surface area contributed by atoms with Gasteiger partial charge in [-0.25, -0.2) is 9.78 Å². The summed E-state index contributed by atoms with van der Waals surface area (Å²) in [7, 11) is 0. The third-order valence-electron chi connectivity index (χ3n) is 4.30. The molecule has 0 saturated carbocycles. The van der Waals surface area contributed by atoms with Crippen molar-refractivity contribution in [3.05, 3.63) is 66.1 Å². The minimum absolute atomic E-state index is 0.0668. The minimum atomic E-state index is -0.681. The molecule has 3 aromatic rings. The molecule has 9 nitrogen and oxygen atoms in total. The van der Waals surface area contributed by atoms with E-state index in [4.69, 9.17) is 18.9 Å². The minimum Gasteiger partial charge on any atom is -0.454 e. The first-order valence-electron chi connectivity index (χ1n) is 9.18. The van der Waals surface area contributed by atoms with Gasteiger partial charge in [-0.3, -0.25) is 0 Å². The molecule has 0 radical (unpaired) electrons. The Morgan fingerprint density at radius 1 is 1.20 bits per heavy atom. The number of fused-ring (bicyclic) bond motifs is 1. The molecule has 1 aliphatic heterocycles. The average molecular weight is 409 g/mol. The predicted octanol–water partition coefficient (Wildman–Crippen LogP) is 3.34. The number of benzene rings is 2. The van der Waals surface area contributed by atoms with E-state index in [0.717, 1.165) is 11.1 Å². The van der Waals surface area contributed by atoms with Crippen molar-refractivity contribution < 1.29 is 28.8 Å². The molecule has 0 bridgehead atoms. The molecule has 0 spiro atoms. The van der Waals surface area contributed by atoms with Crippen LogP contribution in [-0.2, 0) is 6.54 Å². The van der Waals surface area contributed by atoms with Gasteiger partial charge < -0.3 is 29.4 Å². The van der Waals surface area contributed by atoms with E-state index in [9.17, 15) is 9.90 Å². The number of ether oxygens (including phenoxy) is 4. The van der Waals surface area contributed by atoms with E-state index >= 15 is 0 Å². The van der Waals surface area contributed by atoms with E-state index in [1.165, 1.54) is 12.5 Å². The largest absolute Gasteiger partial charge is 0.454 e. The van der Waals surface area contributed by atoms with Crippen LogP contribution in [0.3, 0.4) is 0 Å². The van der Waals surface area contributed by atoms with Crippen molar-refractivity contribution in [2.45, 2.75) is 19.6 Å². The fourth-order valence-electron chi connectivity index (χ4n) is 2.73. The van der Waals surface area contributed by atoms with Gasteiger partial charge in [0.15, 0.2) is 11.5 Å². The Kier molecular flexibility index (Phi) is 5.62. The molecular formula is C21H19N3O6. The molecule has 154 valence electrons. The number of nitrogens with one attached hydrogen (secondary N) is 1. The second-order valence-electron chi connectivity index (χ2n) is 6.47. The first kappa shape index (κ1) is 19.5. The zero-order valence-electron chi connectivity index (χ0n) is 16.1. The van der Waals surface area contributed by atoms with E-state index in [-0.39, 0.29) is 25.0 Å².